The van der Waals surface area contributed by atoms with Gasteiger partial charge in [-0.15, -0.1) is 11.3 Å². The van der Waals surface area contributed by atoms with Crippen LogP contribution in [0.15, 0.2) is 29.2 Å². The molecular weight excluding hydrogens is 234 g/mol. The first-order valence-corrected chi connectivity index (χ1v) is 6.49. The quantitative estimate of drug-likeness (QED) is 0.772. The summed E-state index contributed by atoms with van der Waals surface area (Å²) in [6.07, 6.45) is 1.42. The number of nitrogens with zero attached hydrogens (tertiary/aromatic N) is 1. The Morgan fingerprint density at radius 2 is 2.00 bits per heavy atom. The fraction of sp³-hybridized carbons (Fsp3) is 0.385. The Hall–Kier alpha value is -1.42. The van der Waals surface area contributed by atoms with Crippen molar-refractivity contribution < 1.29 is 9.59 Å². The van der Waals surface area contributed by atoms with Crippen LogP contribution in [0.5, 0.6) is 0 Å². The second kappa shape index (κ2) is 4.45. The number of carbonyl (C=O) groups is 2. The molecule has 0 radical (unpaired) electrons. The van der Waals surface area contributed by atoms with E-state index < -0.39 is 0 Å². The minimum Gasteiger partial charge on any atom is -0.269 e. The SMILES string of the molecule is CC1=CC(=O)N(C(c2cccs2)C(C)C)C1=O. The van der Waals surface area contributed by atoms with Gasteiger partial charge in [-0.1, -0.05) is 19.9 Å². The first-order chi connectivity index (χ1) is 8.02. The van der Waals surface area contributed by atoms with E-state index in [9.17, 15) is 9.59 Å². The molecular formula is C13H15NO2S. The molecule has 2 heterocycles. The van der Waals surface area contributed by atoms with Crippen LogP contribution in [0.2, 0.25) is 0 Å². The summed E-state index contributed by atoms with van der Waals surface area (Å²) in [5.74, 6) is -0.150. The highest BCUT2D eigenvalue weighted by atomic mass is 32.1. The van der Waals surface area contributed by atoms with Crippen molar-refractivity contribution in [2.24, 2.45) is 5.92 Å². The molecule has 1 aliphatic rings. The third kappa shape index (κ3) is 2.05. The predicted octanol–water partition coefficient (Wildman–Crippen LogP) is 2.76. The van der Waals surface area contributed by atoms with Crippen LogP contribution in [0.1, 0.15) is 31.7 Å². The maximum Gasteiger partial charge on any atom is 0.257 e. The van der Waals surface area contributed by atoms with Crippen LogP contribution >= 0.6 is 11.3 Å². The summed E-state index contributed by atoms with van der Waals surface area (Å²) < 4.78 is 0. The molecule has 0 aliphatic carbocycles. The average molecular weight is 249 g/mol. The minimum absolute atomic E-state index is 0.149. The van der Waals surface area contributed by atoms with Crippen LogP contribution in [0.25, 0.3) is 0 Å². The van der Waals surface area contributed by atoms with Crippen molar-refractivity contribution in [2.75, 3.05) is 0 Å². The van der Waals surface area contributed by atoms with Crippen LogP contribution in [-0.2, 0) is 9.59 Å². The smallest absolute Gasteiger partial charge is 0.257 e. The highest BCUT2D eigenvalue weighted by Gasteiger charge is 2.37. The van der Waals surface area contributed by atoms with Gasteiger partial charge in [0.2, 0.25) is 0 Å². The molecule has 1 aliphatic heterocycles. The Kier molecular flexibility index (Phi) is 3.15. The zero-order valence-corrected chi connectivity index (χ0v) is 11.0. The number of imide groups is 1. The van der Waals surface area contributed by atoms with E-state index in [1.54, 1.807) is 18.3 Å². The highest BCUT2D eigenvalue weighted by Crippen LogP contribution is 2.34. The Bertz CT molecular complexity index is 474. The Labute approximate surface area is 105 Å². The van der Waals surface area contributed by atoms with E-state index in [2.05, 4.69) is 0 Å². The van der Waals surface area contributed by atoms with Gasteiger partial charge in [0.15, 0.2) is 0 Å². The van der Waals surface area contributed by atoms with Crippen LogP contribution in [0.3, 0.4) is 0 Å². The molecule has 0 spiro atoms. The maximum absolute atomic E-state index is 12.0. The summed E-state index contributed by atoms with van der Waals surface area (Å²) in [7, 11) is 0. The lowest BCUT2D eigenvalue weighted by Gasteiger charge is -2.28. The molecule has 90 valence electrons. The zero-order chi connectivity index (χ0) is 12.6. The summed E-state index contributed by atoms with van der Waals surface area (Å²) in [5, 5.41) is 1.97. The van der Waals surface area contributed by atoms with Crippen LogP contribution in [0.4, 0.5) is 0 Å². The molecule has 1 aromatic rings. The van der Waals surface area contributed by atoms with Gasteiger partial charge in [-0.05, 0) is 24.3 Å². The van der Waals surface area contributed by atoms with Gasteiger partial charge < -0.3 is 0 Å². The van der Waals surface area contributed by atoms with Gasteiger partial charge >= 0.3 is 0 Å². The van der Waals surface area contributed by atoms with Crippen LogP contribution < -0.4 is 0 Å². The number of thiophene rings is 1. The fourth-order valence-electron chi connectivity index (χ4n) is 2.08. The van der Waals surface area contributed by atoms with E-state index in [1.165, 1.54) is 11.0 Å². The molecule has 0 N–H and O–H groups in total. The molecule has 1 atom stereocenters. The van der Waals surface area contributed by atoms with Crippen molar-refractivity contribution in [1.29, 1.82) is 0 Å². The Morgan fingerprint density at radius 3 is 2.41 bits per heavy atom. The van der Waals surface area contributed by atoms with Crippen molar-refractivity contribution in [3.63, 3.8) is 0 Å². The van der Waals surface area contributed by atoms with E-state index in [4.69, 9.17) is 0 Å². The molecule has 17 heavy (non-hydrogen) atoms. The maximum atomic E-state index is 12.0. The molecule has 1 aromatic heterocycles. The van der Waals surface area contributed by atoms with Crippen molar-refractivity contribution in [1.82, 2.24) is 4.90 Å². The van der Waals surface area contributed by atoms with Crippen LogP contribution in [0, 0.1) is 5.92 Å². The Morgan fingerprint density at radius 1 is 1.29 bits per heavy atom. The normalized spacial score (nSPS) is 17.9. The molecule has 3 nitrogen and oxygen atoms in total. The largest absolute Gasteiger partial charge is 0.269 e. The molecule has 1 unspecified atom stereocenters. The average Bonchev–Trinajstić information content (AvgIpc) is 2.83. The lowest BCUT2D eigenvalue weighted by Crippen LogP contribution is -2.37. The summed E-state index contributed by atoms with van der Waals surface area (Å²) in [4.78, 5) is 26.3. The van der Waals surface area contributed by atoms with Crippen LogP contribution in [-0.4, -0.2) is 16.7 Å². The summed E-state index contributed by atoms with van der Waals surface area (Å²) in [5.41, 5.74) is 0.525. The molecule has 2 amide bonds. The van der Waals surface area contributed by atoms with Crippen molar-refractivity contribution >= 4 is 23.2 Å². The van der Waals surface area contributed by atoms with Gasteiger partial charge in [-0.25, -0.2) is 0 Å². The number of hydrogen-bond donors (Lipinski definition) is 0. The van der Waals surface area contributed by atoms with E-state index in [1.807, 2.05) is 31.4 Å². The molecule has 0 saturated carbocycles. The fourth-order valence-corrected chi connectivity index (χ4v) is 3.07. The minimum atomic E-state index is -0.195. The molecule has 0 saturated heterocycles. The van der Waals surface area contributed by atoms with E-state index in [-0.39, 0.29) is 23.8 Å². The summed E-state index contributed by atoms with van der Waals surface area (Å²) in [6.45, 7) is 5.74. The van der Waals surface area contributed by atoms with E-state index in [0.29, 0.717) is 5.57 Å². The zero-order valence-electron chi connectivity index (χ0n) is 10.1. The van der Waals surface area contributed by atoms with Crippen molar-refractivity contribution in [2.45, 2.75) is 26.8 Å². The van der Waals surface area contributed by atoms with Crippen molar-refractivity contribution in [3.8, 4) is 0 Å². The number of hydrogen-bond acceptors (Lipinski definition) is 3. The number of amides is 2. The number of carbonyl (C=O) groups excluding carboxylic acids is 2. The van der Waals surface area contributed by atoms with Gasteiger partial charge in [0.25, 0.3) is 11.8 Å². The molecule has 0 aromatic carbocycles. The standard InChI is InChI=1S/C13H15NO2S/c1-8(2)12(10-5-4-6-17-10)14-11(15)7-9(3)13(14)16/h4-8,12H,1-3H3. The molecule has 0 fully saturated rings. The van der Waals surface area contributed by atoms with Gasteiger partial charge in [0.05, 0.1) is 6.04 Å². The van der Waals surface area contributed by atoms with Crippen molar-refractivity contribution in [3.05, 3.63) is 34.0 Å². The predicted molar refractivity (Wildman–Crippen MR) is 67.5 cm³/mol. The van der Waals surface area contributed by atoms with Gasteiger partial charge in [0, 0.05) is 16.5 Å². The van der Waals surface area contributed by atoms with E-state index in [0.717, 1.165) is 4.88 Å². The molecule has 0 bridgehead atoms. The first-order valence-electron chi connectivity index (χ1n) is 5.61. The Balaban J connectivity index is 2.37. The third-order valence-corrected chi connectivity index (χ3v) is 3.82. The highest BCUT2D eigenvalue weighted by molar-refractivity contribution is 7.10. The summed E-state index contributed by atoms with van der Waals surface area (Å²) in [6, 6.07) is 3.77. The van der Waals surface area contributed by atoms with Gasteiger partial charge in [-0.2, -0.15) is 0 Å². The summed E-state index contributed by atoms with van der Waals surface area (Å²) >= 11 is 1.58. The molecule has 2 rings (SSSR count). The second-order valence-electron chi connectivity index (χ2n) is 4.55. The van der Waals surface area contributed by atoms with Gasteiger partial charge in [0.1, 0.15) is 0 Å². The lowest BCUT2D eigenvalue weighted by molar-refractivity contribution is -0.141. The van der Waals surface area contributed by atoms with E-state index >= 15 is 0 Å². The number of rotatable bonds is 3. The first kappa shape index (κ1) is 12.0. The molecule has 4 heteroatoms. The third-order valence-electron chi connectivity index (χ3n) is 2.88. The second-order valence-corrected chi connectivity index (χ2v) is 5.52. The topological polar surface area (TPSA) is 37.4 Å². The van der Waals surface area contributed by atoms with Gasteiger partial charge in [-0.3, -0.25) is 14.5 Å². The monoisotopic (exact) mass is 249 g/mol. The lowest BCUT2D eigenvalue weighted by atomic mass is 10.0.